The van der Waals surface area contributed by atoms with Crippen LogP contribution in [0.1, 0.15) is 43.7 Å². The second-order valence-electron chi connectivity index (χ2n) is 7.67. The molecule has 0 saturated carbocycles. The number of likely N-dealkylation sites (tertiary alicyclic amines) is 1. The van der Waals surface area contributed by atoms with E-state index < -0.39 is 0 Å². The molecule has 0 N–H and O–H groups in total. The zero-order valence-electron chi connectivity index (χ0n) is 16.9. The van der Waals surface area contributed by atoms with Crippen LogP contribution in [0.5, 0.6) is 0 Å². The Bertz CT molecular complexity index is 613. The molecule has 26 heavy (non-hydrogen) atoms. The highest BCUT2D eigenvalue weighted by Gasteiger charge is 2.30. The molecule has 1 aliphatic rings. The van der Waals surface area contributed by atoms with Crippen LogP contribution in [0.4, 0.5) is 0 Å². The van der Waals surface area contributed by atoms with Gasteiger partial charge in [-0.15, -0.1) is 0 Å². The smallest absolute Gasteiger partial charge is 0.236 e. The number of rotatable bonds is 6. The molecule has 7 heteroatoms. The lowest BCUT2D eigenvalue weighted by Gasteiger charge is -2.35. The van der Waals surface area contributed by atoms with E-state index in [4.69, 9.17) is 4.52 Å². The highest BCUT2D eigenvalue weighted by molar-refractivity contribution is 5.81. The molecule has 2 amide bonds. The van der Waals surface area contributed by atoms with Crippen LogP contribution in [-0.2, 0) is 16.1 Å². The van der Waals surface area contributed by atoms with E-state index in [-0.39, 0.29) is 23.8 Å². The summed E-state index contributed by atoms with van der Waals surface area (Å²) in [7, 11) is 3.78. The van der Waals surface area contributed by atoms with Gasteiger partial charge in [-0.25, -0.2) is 0 Å². The van der Waals surface area contributed by atoms with Crippen LogP contribution in [-0.4, -0.2) is 71.4 Å². The molecule has 1 saturated heterocycles. The molecule has 0 aliphatic carbocycles. The predicted octanol–water partition coefficient (Wildman–Crippen LogP) is 1.83. The zero-order valence-corrected chi connectivity index (χ0v) is 16.9. The maximum absolute atomic E-state index is 12.6. The minimum Gasteiger partial charge on any atom is -0.361 e. The number of aromatic nitrogens is 1. The van der Waals surface area contributed by atoms with Crippen molar-refractivity contribution in [3.63, 3.8) is 0 Å². The van der Waals surface area contributed by atoms with Crippen molar-refractivity contribution in [1.82, 2.24) is 19.9 Å². The minimum absolute atomic E-state index is 0.0338. The van der Waals surface area contributed by atoms with E-state index in [1.807, 2.05) is 51.6 Å². The standard InChI is InChI=1S/C19H32N4O3/c1-13(2)22(6)19(25)16-7-9-23(10-8-16)18(24)12-21(5)11-17-14(3)20-26-15(17)4/h13,16H,7-12H2,1-6H3. The summed E-state index contributed by atoms with van der Waals surface area (Å²) in [6.07, 6.45) is 1.49. The van der Waals surface area contributed by atoms with Crippen molar-refractivity contribution in [1.29, 1.82) is 0 Å². The summed E-state index contributed by atoms with van der Waals surface area (Å²) in [6.45, 7) is 10.1. The monoisotopic (exact) mass is 364 g/mol. The van der Waals surface area contributed by atoms with Crippen LogP contribution in [0.25, 0.3) is 0 Å². The molecular weight excluding hydrogens is 332 g/mol. The van der Waals surface area contributed by atoms with E-state index in [1.165, 1.54) is 0 Å². The number of aryl methyl sites for hydroxylation is 2. The van der Waals surface area contributed by atoms with Crippen molar-refractivity contribution in [3.05, 3.63) is 17.0 Å². The fraction of sp³-hybridized carbons (Fsp3) is 0.737. The molecule has 7 nitrogen and oxygen atoms in total. The molecule has 0 bridgehead atoms. The number of carbonyl (C=O) groups is 2. The van der Waals surface area contributed by atoms with Gasteiger partial charge in [0.2, 0.25) is 11.8 Å². The first-order valence-corrected chi connectivity index (χ1v) is 9.35. The molecule has 1 aromatic heterocycles. The van der Waals surface area contributed by atoms with Crippen molar-refractivity contribution in [3.8, 4) is 0 Å². The Kier molecular flexibility index (Phi) is 6.81. The highest BCUT2D eigenvalue weighted by atomic mass is 16.5. The maximum atomic E-state index is 12.6. The molecular formula is C19H32N4O3. The van der Waals surface area contributed by atoms with Gasteiger partial charge >= 0.3 is 0 Å². The predicted molar refractivity (Wildman–Crippen MR) is 99.5 cm³/mol. The molecule has 1 aliphatic heterocycles. The van der Waals surface area contributed by atoms with Gasteiger partial charge in [0.15, 0.2) is 0 Å². The fourth-order valence-corrected chi connectivity index (χ4v) is 3.30. The van der Waals surface area contributed by atoms with Crippen LogP contribution in [0.2, 0.25) is 0 Å². The lowest BCUT2D eigenvalue weighted by molar-refractivity contribution is -0.141. The maximum Gasteiger partial charge on any atom is 0.236 e. The van der Waals surface area contributed by atoms with Gasteiger partial charge in [-0.3, -0.25) is 14.5 Å². The quantitative estimate of drug-likeness (QED) is 0.770. The summed E-state index contributed by atoms with van der Waals surface area (Å²) in [5.41, 5.74) is 1.91. The molecule has 0 aromatic carbocycles. The van der Waals surface area contributed by atoms with Crippen LogP contribution < -0.4 is 0 Å². The molecule has 0 unspecified atom stereocenters. The van der Waals surface area contributed by atoms with Crippen LogP contribution in [0.3, 0.4) is 0 Å². The Labute approximate surface area is 156 Å². The van der Waals surface area contributed by atoms with Crippen LogP contribution in [0, 0.1) is 19.8 Å². The molecule has 2 rings (SSSR count). The third-order valence-electron chi connectivity index (χ3n) is 5.33. The van der Waals surface area contributed by atoms with E-state index in [1.54, 1.807) is 4.90 Å². The number of likely N-dealkylation sites (N-methyl/N-ethyl adjacent to an activating group) is 1. The number of hydrogen-bond donors (Lipinski definition) is 0. The summed E-state index contributed by atoms with van der Waals surface area (Å²) in [6, 6.07) is 0.208. The lowest BCUT2D eigenvalue weighted by Crippen LogP contribution is -2.47. The Hall–Kier alpha value is -1.89. The Morgan fingerprint density at radius 3 is 2.35 bits per heavy atom. The molecule has 146 valence electrons. The number of hydrogen-bond acceptors (Lipinski definition) is 5. The molecule has 0 atom stereocenters. The van der Waals surface area contributed by atoms with Crippen molar-refractivity contribution in [2.24, 2.45) is 5.92 Å². The molecule has 0 radical (unpaired) electrons. The minimum atomic E-state index is 0.0338. The summed E-state index contributed by atoms with van der Waals surface area (Å²) in [5.74, 6) is 1.15. The van der Waals surface area contributed by atoms with Gasteiger partial charge in [-0.2, -0.15) is 0 Å². The van der Waals surface area contributed by atoms with E-state index >= 15 is 0 Å². The van der Waals surface area contributed by atoms with Crippen LogP contribution >= 0.6 is 0 Å². The second-order valence-corrected chi connectivity index (χ2v) is 7.67. The first kappa shape index (κ1) is 20.4. The van der Waals surface area contributed by atoms with E-state index in [2.05, 4.69) is 5.16 Å². The second kappa shape index (κ2) is 8.66. The Balaban J connectivity index is 1.82. The lowest BCUT2D eigenvalue weighted by atomic mass is 9.95. The number of carbonyl (C=O) groups excluding carboxylic acids is 2. The van der Waals surface area contributed by atoms with Gasteiger partial charge in [-0.05, 0) is 47.6 Å². The van der Waals surface area contributed by atoms with Crippen molar-refractivity contribution in [2.45, 2.75) is 53.1 Å². The topological polar surface area (TPSA) is 69.9 Å². The summed E-state index contributed by atoms with van der Waals surface area (Å²) < 4.78 is 5.18. The van der Waals surface area contributed by atoms with Crippen molar-refractivity contribution < 1.29 is 14.1 Å². The highest BCUT2D eigenvalue weighted by Crippen LogP contribution is 2.21. The average molecular weight is 364 g/mol. The molecule has 1 aromatic rings. The summed E-state index contributed by atoms with van der Waals surface area (Å²) in [4.78, 5) is 30.7. The first-order valence-electron chi connectivity index (χ1n) is 9.35. The Morgan fingerprint density at radius 1 is 1.23 bits per heavy atom. The molecule has 0 spiro atoms. The average Bonchev–Trinajstić information content (AvgIpc) is 2.92. The zero-order chi connectivity index (χ0) is 19.4. The number of piperidine rings is 1. The third kappa shape index (κ3) is 4.84. The first-order chi connectivity index (χ1) is 12.2. The van der Waals surface area contributed by atoms with Crippen molar-refractivity contribution in [2.75, 3.05) is 33.7 Å². The van der Waals surface area contributed by atoms with Gasteiger partial charge in [0.05, 0.1) is 12.2 Å². The van der Waals surface area contributed by atoms with Gasteiger partial charge in [0.25, 0.3) is 0 Å². The van der Waals surface area contributed by atoms with E-state index in [9.17, 15) is 9.59 Å². The fourth-order valence-electron chi connectivity index (χ4n) is 3.30. The molecule has 2 heterocycles. The van der Waals surface area contributed by atoms with Crippen molar-refractivity contribution >= 4 is 11.8 Å². The normalized spacial score (nSPS) is 15.8. The van der Waals surface area contributed by atoms with E-state index in [0.717, 1.165) is 29.9 Å². The van der Waals surface area contributed by atoms with Gasteiger partial charge < -0.3 is 14.3 Å². The van der Waals surface area contributed by atoms with Gasteiger partial charge in [0, 0.05) is 44.2 Å². The number of amides is 2. The van der Waals surface area contributed by atoms with Gasteiger partial charge in [-0.1, -0.05) is 5.16 Å². The van der Waals surface area contributed by atoms with Crippen LogP contribution in [0.15, 0.2) is 4.52 Å². The Morgan fingerprint density at radius 2 is 1.85 bits per heavy atom. The molecule has 1 fully saturated rings. The summed E-state index contributed by atoms with van der Waals surface area (Å²) >= 11 is 0. The largest absolute Gasteiger partial charge is 0.361 e. The van der Waals surface area contributed by atoms with Gasteiger partial charge in [0.1, 0.15) is 5.76 Å². The number of nitrogens with zero attached hydrogens (tertiary/aromatic N) is 4. The summed E-state index contributed by atoms with van der Waals surface area (Å²) in [5, 5.41) is 3.96. The SMILES string of the molecule is Cc1noc(C)c1CN(C)CC(=O)N1CCC(C(=O)N(C)C(C)C)CC1. The van der Waals surface area contributed by atoms with E-state index in [0.29, 0.717) is 26.2 Å². The third-order valence-corrected chi connectivity index (χ3v) is 5.33.